The van der Waals surface area contributed by atoms with Crippen LogP contribution < -0.4 is 15.0 Å². The first-order chi connectivity index (χ1) is 14.3. The van der Waals surface area contributed by atoms with E-state index in [1.54, 1.807) is 12.1 Å². The summed E-state index contributed by atoms with van der Waals surface area (Å²) < 4.78 is 10.5. The van der Waals surface area contributed by atoms with E-state index < -0.39 is 24.4 Å². The van der Waals surface area contributed by atoms with Crippen LogP contribution in [0.5, 0.6) is 5.75 Å². The van der Waals surface area contributed by atoms with Gasteiger partial charge in [-0.3, -0.25) is 14.4 Å². The number of nitrogens with zero attached hydrogens (tertiary/aromatic N) is 1. The largest absolute Gasteiger partial charge is 0.495 e. The molecular formula is C23H26N2O5. The molecule has 3 rings (SSSR count). The van der Waals surface area contributed by atoms with Gasteiger partial charge in [-0.05, 0) is 55.7 Å². The third-order valence-electron chi connectivity index (χ3n) is 5.31. The van der Waals surface area contributed by atoms with Crippen molar-refractivity contribution in [2.45, 2.75) is 27.2 Å². The highest BCUT2D eigenvalue weighted by atomic mass is 16.5. The predicted molar refractivity (Wildman–Crippen MR) is 114 cm³/mol. The molecule has 2 aromatic rings. The van der Waals surface area contributed by atoms with E-state index in [-0.39, 0.29) is 18.9 Å². The molecule has 0 aromatic heterocycles. The Hall–Kier alpha value is -3.35. The second-order valence-electron chi connectivity index (χ2n) is 7.48. The van der Waals surface area contributed by atoms with E-state index in [2.05, 4.69) is 5.32 Å². The fourth-order valence-corrected chi connectivity index (χ4v) is 3.44. The molecule has 1 fully saturated rings. The smallest absolute Gasteiger partial charge is 0.311 e. The van der Waals surface area contributed by atoms with E-state index in [1.807, 2.05) is 45.0 Å². The first kappa shape index (κ1) is 21.4. The lowest BCUT2D eigenvalue weighted by Gasteiger charge is -2.20. The average molecular weight is 410 g/mol. The minimum absolute atomic E-state index is 0.0362. The number of carbonyl (C=O) groups excluding carboxylic acids is 3. The van der Waals surface area contributed by atoms with E-state index in [9.17, 15) is 14.4 Å². The van der Waals surface area contributed by atoms with Crippen LogP contribution in [-0.2, 0) is 19.1 Å². The summed E-state index contributed by atoms with van der Waals surface area (Å²) in [6.07, 6.45) is 0.0362. The fraction of sp³-hybridized carbons (Fsp3) is 0.348. The second-order valence-corrected chi connectivity index (χ2v) is 7.48. The van der Waals surface area contributed by atoms with Crippen LogP contribution in [0.15, 0.2) is 36.4 Å². The molecule has 1 N–H and O–H groups in total. The molecule has 0 bridgehead atoms. The summed E-state index contributed by atoms with van der Waals surface area (Å²) in [5.41, 5.74) is 4.31. The summed E-state index contributed by atoms with van der Waals surface area (Å²) in [6, 6.07) is 11.1. The molecule has 0 aliphatic carbocycles. The van der Waals surface area contributed by atoms with Gasteiger partial charge in [-0.1, -0.05) is 18.2 Å². The number of esters is 1. The zero-order chi connectivity index (χ0) is 21.8. The first-order valence-electron chi connectivity index (χ1n) is 9.78. The minimum atomic E-state index is -0.628. The Morgan fingerprint density at radius 1 is 1.17 bits per heavy atom. The van der Waals surface area contributed by atoms with E-state index in [0.29, 0.717) is 17.1 Å². The number of amides is 2. The van der Waals surface area contributed by atoms with Gasteiger partial charge in [0.25, 0.3) is 5.91 Å². The van der Waals surface area contributed by atoms with Gasteiger partial charge >= 0.3 is 5.97 Å². The number of hydrogen-bond donors (Lipinski definition) is 1. The van der Waals surface area contributed by atoms with Crippen LogP contribution in [0.25, 0.3) is 0 Å². The molecule has 7 nitrogen and oxygen atoms in total. The number of nitrogens with one attached hydrogen (secondary N) is 1. The van der Waals surface area contributed by atoms with Gasteiger partial charge in [0.15, 0.2) is 6.61 Å². The van der Waals surface area contributed by atoms with E-state index in [1.165, 1.54) is 12.0 Å². The average Bonchev–Trinajstić information content (AvgIpc) is 3.11. The standard InChI is InChI=1S/C23H26N2O5/c1-14-8-9-20(29-4)19(10-14)25-12-17(11-22(25)27)23(28)30-13-21(26)24-18-7-5-6-15(2)16(18)3/h5-10,17H,11-13H2,1-4H3,(H,24,26)/t17-/m0/s1. The lowest BCUT2D eigenvalue weighted by atomic mass is 10.1. The number of rotatable bonds is 6. The van der Waals surface area contributed by atoms with E-state index in [4.69, 9.17) is 9.47 Å². The third kappa shape index (κ3) is 4.62. The van der Waals surface area contributed by atoms with Gasteiger partial charge in [-0.25, -0.2) is 0 Å². The van der Waals surface area contributed by atoms with Crippen molar-refractivity contribution >= 4 is 29.2 Å². The number of ether oxygens (including phenoxy) is 2. The predicted octanol–water partition coefficient (Wildman–Crippen LogP) is 3.16. The normalized spacial score (nSPS) is 15.8. The molecule has 1 atom stereocenters. The minimum Gasteiger partial charge on any atom is -0.495 e. The quantitative estimate of drug-likeness (QED) is 0.740. The van der Waals surface area contributed by atoms with Crippen LogP contribution >= 0.6 is 0 Å². The highest BCUT2D eigenvalue weighted by Crippen LogP contribution is 2.34. The second kappa shape index (κ2) is 8.98. The zero-order valence-electron chi connectivity index (χ0n) is 17.7. The maximum atomic E-state index is 12.5. The lowest BCUT2D eigenvalue weighted by Crippen LogP contribution is -2.28. The van der Waals surface area contributed by atoms with Crippen molar-refractivity contribution in [3.05, 3.63) is 53.1 Å². The van der Waals surface area contributed by atoms with Crippen LogP contribution in [0.2, 0.25) is 0 Å². The molecule has 1 aliphatic rings. The molecule has 1 saturated heterocycles. The van der Waals surface area contributed by atoms with Crippen molar-refractivity contribution in [3.8, 4) is 5.75 Å². The maximum absolute atomic E-state index is 12.5. The molecule has 2 aromatic carbocycles. The van der Waals surface area contributed by atoms with Crippen LogP contribution in [0.1, 0.15) is 23.1 Å². The summed E-state index contributed by atoms with van der Waals surface area (Å²) >= 11 is 0. The van der Waals surface area contributed by atoms with Gasteiger partial charge < -0.3 is 19.7 Å². The van der Waals surface area contributed by atoms with Crippen LogP contribution in [-0.4, -0.2) is 38.0 Å². The molecule has 7 heteroatoms. The van der Waals surface area contributed by atoms with Crippen molar-refractivity contribution in [1.29, 1.82) is 0 Å². The van der Waals surface area contributed by atoms with Crippen LogP contribution in [0, 0.1) is 26.7 Å². The van der Waals surface area contributed by atoms with E-state index in [0.717, 1.165) is 16.7 Å². The number of carbonyl (C=O) groups is 3. The fourth-order valence-electron chi connectivity index (χ4n) is 3.44. The Balaban J connectivity index is 1.59. The molecular weight excluding hydrogens is 384 g/mol. The van der Waals surface area contributed by atoms with Crippen molar-refractivity contribution in [2.75, 3.05) is 30.5 Å². The first-order valence-corrected chi connectivity index (χ1v) is 9.78. The molecule has 0 unspecified atom stereocenters. The maximum Gasteiger partial charge on any atom is 0.311 e. The Morgan fingerprint density at radius 3 is 2.67 bits per heavy atom. The monoisotopic (exact) mass is 410 g/mol. The summed E-state index contributed by atoms with van der Waals surface area (Å²) in [5.74, 6) is -1.22. The van der Waals surface area contributed by atoms with Crippen molar-refractivity contribution < 1.29 is 23.9 Å². The number of methoxy groups -OCH3 is 1. The van der Waals surface area contributed by atoms with Gasteiger partial charge in [-0.15, -0.1) is 0 Å². The van der Waals surface area contributed by atoms with Gasteiger partial charge in [0.1, 0.15) is 5.75 Å². The Labute approximate surface area is 176 Å². The Kier molecular flexibility index (Phi) is 6.40. The number of anilines is 2. The van der Waals surface area contributed by atoms with Crippen LogP contribution in [0.3, 0.4) is 0 Å². The van der Waals surface area contributed by atoms with Crippen molar-refractivity contribution in [3.63, 3.8) is 0 Å². The van der Waals surface area contributed by atoms with Gasteiger partial charge in [0, 0.05) is 18.7 Å². The van der Waals surface area contributed by atoms with E-state index >= 15 is 0 Å². The van der Waals surface area contributed by atoms with Crippen molar-refractivity contribution in [2.24, 2.45) is 5.92 Å². The summed E-state index contributed by atoms with van der Waals surface area (Å²) in [6.45, 7) is 5.58. The summed E-state index contributed by atoms with van der Waals surface area (Å²) in [5, 5.41) is 2.75. The number of benzene rings is 2. The SMILES string of the molecule is COc1ccc(C)cc1N1C[C@@H](C(=O)OCC(=O)Nc2cccc(C)c2C)CC1=O. The third-order valence-corrected chi connectivity index (χ3v) is 5.31. The molecule has 30 heavy (non-hydrogen) atoms. The molecule has 0 spiro atoms. The van der Waals surface area contributed by atoms with Gasteiger partial charge in [0.2, 0.25) is 5.91 Å². The molecule has 0 saturated carbocycles. The topological polar surface area (TPSA) is 84.9 Å². The molecule has 158 valence electrons. The number of hydrogen-bond acceptors (Lipinski definition) is 5. The zero-order valence-corrected chi connectivity index (χ0v) is 17.7. The highest BCUT2D eigenvalue weighted by Gasteiger charge is 2.37. The van der Waals surface area contributed by atoms with Crippen molar-refractivity contribution in [1.82, 2.24) is 0 Å². The molecule has 1 aliphatic heterocycles. The molecule has 0 radical (unpaired) electrons. The van der Waals surface area contributed by atoms with Gasteiger partial charge in [0.05, 0.1) is 18.7 Å². The highest BCUT2D eigenvalue weighted by molar-refractivity contribution is 6.01. The molecule has 1 heterocycles. The Bertz CT molecular complexity index is 986. The Morgan fingerprint density at radius 2 is 1.93 bits per heavy atom. The summed E-state index contributed by atoms with van der Waals surface area (Å²) in [4.78, 5) is 38.7. The number of aryl methyl sites for hydroxylation is 2. The lowest BCUT2D eigenvalue weighted by molar-refractivity contribution is -0.151. The van der Waals surface area contributed by atoms with Crippen LogP contribution in [0.4, 0.5) is 11.4 Å². The van der Waals surface area contributed by atoms with Gasteiger partial charge in [-0.2, -0.15) is 0 Å². The summed E-state index contributed by atoms with van der Waals surface area (Å²) in [7, 11) is 1.54. The molecule has 2 amide bonds.